The molecule has 256 valence electrons. The van der Waals surface area contributed by atoms with Gasteiger partial charge in [-0.25, -0.2) is 26.5 Å². The fourth-order valence-corrected chi connectivity index (χ4v) is 8.56. The highest BCUT2D eigenvalue weighted by molar-refractivity contribution is 7.93. The molecule has 4 aromatic rings. The van der Waals surface area contributed by atoms with Crippen LogP contribution in [0.4, 0.5) is 27.1 Å². The molecule has 3 heterocycles. The second-order valence-electron chi connectivity index (χ2n) is 11.5. The van der Waals surface area contributed by atoms with Crippen LogP contribution in [-0.2, 0) is 16.6 Å². The summed E-state index contributed by atoms with van der Waals surface area (Å²) in [7, 11) is -1.73. The Kier molecular flexibility index (Phi) is 9.51. The molecule has 0 saturated carbocycles. The SMILES string of the molecule is COc1ccc(CN(c2ncns2)S(=O)(=O)c2cc3c(cc2F)C(N2CC[C@@H](C(F)(F)F)C[C@H]2c2ccc(F)cc2)CCO3)c(OC)c1. The maximum atomic E-state index is 16.1. The van der Waals surface area contributed by atoms with Crippen molar-refractivity contribution in [1.29, 1.82) is 0 Å². The third-order valence-electron chi connectivity index (χ3n) is 8.77. The average Bonchev–Trinajstić information content (AvgIpc) is 3.61. The van der Waals surface area contributed by atoms with Gasteiger partial charge >= 0.3 is 6.18 Å². The number of hydrogen-bond donors (Lipinski definition) is 0. The zero-order chi connectivity index (χ0) is 34.2. The van der Waals surface area contributed by atoms with Gasteiger partial charge in [0.05, 0.1) is 33.3 Å². The van der Waals surface area contributed by atoms with Gasteiger partial charge in [0.15, 0.2) is 0 Å². The van der Waals surface area contributed by atoms with E-state index in [2.05, 4.69) is 9.36 Å². The monoisotopic (exact) mass is 710 g/mol. The minimum atomic E-state index is -4.63. The summed E-state index contributed by atoms with van der Waals surface area (Å²) in [6.45, 7) is -0.133. The number of ether oxygens (including phenoxy) is 3. The number of fused-ring (bicyclic) bond motifs is 1. The molecule has 0 spiro atoms. The van der Waals surface area contributed by atoms with Crippen molar-refractivity contribution in [1.82, 2.24) is 14.3 Å². The molecule has 48 heavy (non-hydrogen) atoms. The van der Waals surface area contributed by atoms with Gasteiger partial charge in [-0.2, -0.15) is 17.5 Å². The van der Waals surface area contributed by atoms with Crippen molar-refractivity contribution in [3.05, 3.63) is 89.2 Å². The van der Waals surface area contributed by atoms with Gasteiger partial charge in [0.1, 0.15) is 40.1 Å². The van der Waals surface area contributed by atoms with Crippen molar-refractivity contribution < 1.29 is 44.6 Å². The molecule has 1 aromatic heterocycles. The molecule has 0 bridgehead atoms. The molecule has 2 aliphatic rings. The average molecular weight is 711 g/mol. The largest absolute Gasteiger partial charge is 0.497 e. The van der Waals surface area contributed by atoms with Crippen molar-refractivity contribution in [2.75, 3.05) is 31.7 Å². The summed E-state index contributed by atoms with van der Waals surface area (Å²) in [6.07, 6.45) is -3.34. The van der Waals surface area contributed by atoms with Crippen LogP contribution in [0.5, 0.6) is 17.2 Å². The second kappa shape index (κ2) is 13.5. The third kappa shape index (κ3) is 6.65. The summed E-state index contributed by atoms with van der Waals surface area (Å²) < 4.78 is 121. The van der Waals surface area contributed by atoms with E-state index in [9.17, 15) is 26.0 Å². The van der Waals surface area contributed by atoms with Crippen molar-refractivity contribution in [2.24, 2.45) is 5.92 Å². The van der Waals surface area contributed by atoms with Gasteiger partial charge in [-0.15, -0.1) is 0 Å². The first kappa shape index (κ1) is 33.9. The van der Waals surface area contributed by atoms with E-state index in [0.717, 1.165) is 28.0 Å². The summed E-state index contributed by atoms with van der Waals surface area (Å²) in [5, 5.41) is -0.0153. The number of halogens is 5. The Morgan fingerprint density at radius 1 is 1.02 bits per heavy atom. The summed E-state index contributed by atoms with van der Waals surface area (Å²) in [4.78, 5) is 5.26. The number of alkyl halides is 3. The molecule has 1 fully saturated rings. The van der Waals surface area contributed by atoms with E-state index in [1.54, 1.807) is 18.2 Å². The summed E-state index contributed by atoms with van der Waals surface area (Å²) in [6, 6.07) is 11.0. The number of anilines is 1. The van der Waals surface area contributed by atoms with E-state index in [0.29, 0.717) is 34.6 Å². The molecule has 0 radical (unpaired) electrons. The lowest BCUT2D eigenvalue weighted by Gasteiger charge is -2.46. The Morgan fingerprint density at radius 3 is 2.46 bits per heavy atom. The number of aromatic nitrogens is 2. The van der Waals surface area contributed by atoms with Crippen LogP contribution in [-0.4, -0.2) is 56.2 Å². The molecular formula is C32H31F5N4O5S2. The van der Waals surface area contributed by atoms with Crippen LogP contribution in [0.2, 0.25) is 0 Å². The summed E-state index contributed by atoms with van der Waals surface area (Å²) in [5.41, 5.74) is 1.26. The molecule has 9 nitrogen and oxygen atoms in total. The molecule has 3 atom stereocenters. The van der Waals surface area contributed by atoms with E-state index < -0.39 is 50.7 Å². The Bertz CT molecular complexity index is 1860. The number of benzene rings is 3. The number of sulfonamides is 1. The molecule has 1 saturated heterocycles. The van der Waals surface area contributed by atoms with Gasteiger partial charge < -0.3 is 14.2 Å². The molecule has 3 aromatic carbocycles. The number of likely N-dealkylation sites (tertiary alicyclic amines) is 1. The van der Waals surface area contributed by atoms with Crippen molar-refractivity contribution >= 4 is 26.7 Å². The maximum Gasteiger partial charge on any atom is 0.391 e. The highest BCUT2D eigenvalue weighted by Crippen LogP contribution is 2.49. The molecule has 0 amide bonds. The molecule has 16 heteroatoms. The predicted molar refractivity (Wildman–Crippen MR) is 167 cm³/mol. The van der Waals surface area contributed by atoms with Gasteiger partial charge in [-0.3, -0.25) is 4.90 Å². The number of nitrogens with zero attached hydrogens (tertiary/aromatic N) is 4. The van der Waals surface area contributed by atoms with Crippen molar-refractivity contribution in [2.45, 2.75) is 49.0 Å². The van der Waals surface area contributed by atoms with Gasteiger partial charge in [-0.05, 0) is 55.3 Å². The Morgan fingerprint density at radius 2 is 1.79 bits per heavy atom. The lowest BCUT2D eigenvalue weighted by atomic mass is 9.84. The van der Waals surface area contributed by atoms with E-state index in [1.165, 1.54) is 44.8 Å². The topological polar surface area (TPSA) is 94.1 Å². The first-order chi connectivity index (χ1) is 22.9. The summed E-state index contributed by atoms with van der Waals surface area (Å²) >= 11 is 0.804. The lowest BCUT2D eigenvalue weighted by molar-refractivity contribution is -0.192. The van der Waals surface area contributed by atoms with Crippen LogP contribution < -0.4 is 18.5 Å². The quantitative estimate of drug-likeness (QED) is 0.171. The summed E-state index contributed by atoms with van der Waals surface area (Å²) in [5.74, 6) is -2.24. The van der Waals surface area contributed by atoms with Gasteiger partial charge in [0.25, 0.3) is 10.0 Å². The van der Waals surface area contributed by atoms with Crippen LogP contribution >= 0.6 is 11.5 Å². The Balaban J connectivity index is 1.37. The fourth-order valence-electron chi connectivity index (χ4n) is 6.37. The smallest absolute Gasteiger partial charge is 0.391 e. The zero-order valence-electron chi connectivity index (χ0n) is 25.8. The van der Waals surface area contributed by atoms with Crippen LogP contribution in [0, 0.1) is 17.6 Å². The van der Waals surface area contributed by atoms with E-state index in [4.69, 9.17) is 14.2 Å². The number of piperidine rings is 1. The maximum absolute atomic E-state index is 16.1. The van der Waals surface area contributed by atoms with Gasteiger partial charge in [-0.1, -0.05) is 12.1 Å². The fraction of sp³-hybridized carbons (Fsp3) is 0.375. The van der Waals surface area contributed by atoms with E-state index in [1.807, 2.05) is 4.90 Å². The Labute approximate surface area is 278 Å². The molecule has 6 rings (SSSR count). The number of hydrogen-bond acceptors (Lipinski definition) is 9. The molecule has 2 aliphatic heterocycles. The normalized spacial score (nSPS) is 20.1. The van der Waals surface area contributed by atoms with Gasteiger partial charge in [0.2, 0.25) is 5.13 Å². The molecule has 0 N–H and O–H groups in total. The van der Waals surface area contributed by atoms with Crippen LogP contribution in [0.15, 0.2) is 65.8 Å². The van der Waals surface area contributed by atoms with E-state index >= 15 is 4.39 Å². The zero-order valence-corrected chi connectivity index (χ0v) is 27.4. The highest BCUT2D eigenvalue weighted by atomic mass is 32.2. The second-order valence-corrected chi connectivity index (χ2v) is 14.0. The van der Waals surface area contributed by atoms with E-state index in [-0.39, 0.29) is 43.4 Å². The highest BCUT2D eigenvalue weighted by Gasteiger charge is 2.47. The van der Waals surface area contributed by atoms with Crippen molar-refractivity contribution in [3.8, 4) is 17.2 Å². The van der Waals surface area contributed by atoms with Crippen LogP contribution in [0.3, 0.4) is 0 Å². The Hall–Kier alpha value is -4.02. The first-order valence-electron chi connectivity index (χ1n) is 14.9. The third-order valence-corrected chi connectivity index (χ3v) is 11.3. The number of methoxy groups -OCH3 is 2. The van der Waals surface area contributed by atoms with Crippen LogP contribution in [0.25, 0.3) is 0 Å². The minimum Gasteiger partial charge on any atom is -0.497 e. The minimum absolute atomic E-state index is 0.0153. The van der Waals surface area contributed by atoms with Crippen LogP contribution in [0.1, 0.15) is 48.0 Å². The van der Waals surface area contributed by atoms with Crippen molar-refractivity contribution in [3.63, 3.8) is 0 Å². The number of rotatable bonds is 9. The predicted octanol–water partition coefficient (Wildman–Crippen LogP) is 7.07. The first-order valence-corrected chi connectivity index (χ1v) is 17.2. The standard InChI is InChI=1S/C32H31F5N4O5S2/c1-44-23-8-5-20(28(14-23)45-2)17-41(31-38-18-39-47-31)48(42,43)30-16-29-24(15-25(30)34)26(10-12-46-29)40-11-9-21(32(35,36)37)13-27(40)19-3-6-22(33)7-4-19/h3-8,14-16,18,21,26-27H,9-13,17H2,1-2H3/t21-,26?,27+/m1/s1. The molecule has 1 unspecified atom stereocenters. The van der Waals surface area contributed by atoms with Gasteiger partial charge in [0, 0.05) is 53.3 Å². The molecular weight excluding hydrogens is 679 g/mol. The lowest BCUT2D eigenvalue weighted by Crippen LogP contribution is -2.44. The molecule has 0 aliphatic carbocycles.